The highest BCUT2D eigenvalue weighted by Crippen LogP contribution is 2.16. The van der Waals surface area contributed by atoms with Crippen molar-refractivity contribution in [2.75, 3.05) is 6.54 Å². The number of amides is 1. The number of carbonyl (C=O) groups excluding carboxylic acids is 1. The Balaban J connectivity index is 0.000000845. The van der Waals surface area contributed by atoms with Gasteiger partial charge in [0.15, 0.2) is 0 Å². The Hall–Kier alpha value is -0.800. The molecular weight excluding hydrogens is 211 g/mol. The highest BCUT2D eigenvalue weighted by atomic mass is 35.5. The molecule has 0 aliphatic carbocycles. The maximum absolute atomic E-state index is 10.9. The molecule has 0 saturated heterocycles. The highest BCUT2D eigenvalue weighted by Gasteiger charge is 2.18. The van der Waals surface area contributed by atoms with Crippen molar-refractivity contribution in [1.82, 2.24) is 4.90 Å². The summed E-state index contributed by atoms with van der Waals surface area (Å²) in [6.45, 7) is 0.679. The van der Waals surface area contributed by atoms with Gasteiger partial charge in [-0.25, -0.2) is 0 Å². The SMILES string of the molecule is Cl.O=C1CCN2C=C(Cl)C=CC2=N1. The van der Waals surface area contributed by atoms with E-state index in [-0.39, 0.29) is 18.3 Å². The zero-order chi connectivity index (χ0) is 8.55. The Labute approximate surface area is 87.2 Å². The van der Waals surface area contributed by atoms with Gasteiger partial charge in [-0.1, -0.05) is 11.6 Å². The quantitative estimate of drug-likeness (QED) is 0.621. The minimum Gasteiger partial charge on any atom is -0.331 e. The minimum atomic E-state index is -0.0580. The first-order chi connectivity index (χ1) is 5.75. The van der Waals surface area contributed by atoms with Gasteiger partial charge in [-0.15, -0.1) is 12.4 Å². The first-order valence-electron chi connectivity index (χ1n) is 3.69. The van der Waals surface area contributed by atoms with E-state index in [4.69, 9.17) is 11.6 Å². The molecule has 1 amide bonds. The fourth-order valence-corrected chi connectivity index (χ4v) is 1.37. The molecule has 0 atom stereocenters. The van der Waals surface area contributed by atoms with Gasteiger partial charge in [0.25, 0.3) is 0 Å². The molecule has 3 nitrogen and oxygen atoms in total. The number of rotatable bonds is 0. The summed E-state index contributed by atoms with van der Waals surface area (Å²) in [4.78, 5) is 16.6. The van der Waals surface area contributed by atoms with Crippen molar-refractivity contribution in [2.45, 2.75) is 6.42 Å². The summed E-state index contributed by atoms with van der Waals surface area (Å²) < 4.78 is 0. The van der Waals surface area contributed by atoms with Gasteiger partial charge >= 0.3 is 0 Å². The molecule has 0 aromatic rings. The summed E-state index contributed by atoms with van der Waals surface area (Å²) in [7, 11) is 0. The van der Waals surface area contributed by atoms with Crippen LogP contribution in [0.15, 0.2) is 28.4 Å². The van der Waals surface area contributed by atoms with Crippen LogP contribution in [0.3, 0.4) is 0 Å². The van der Waals surface area contributed by atoms with Crippen molar-refractivity contribution in [3.8, 4) is 0 Å². The molecule has 2 heterocycles. The lowest BCUT2D eigenvalue weighted by Gasteiger charge is -2.25. The Morgan fingerprint density at radius 3 is 3.00 bits per heavy atom. The van der Waals surface area contributed by atoms with Gasteiger partial charge in [-0.05, 0) is 12.2 Å². The number of allylic oxidation sites excluding steroid dienone is 2. The molecule has 13 heavy (non-hydrogen) atoms. The van der Waals surface area contributed by atoms with E-state index in [1.165, 1.54) is 0 Å². The molecule has 2 aliphatic heterocycles. The van der Waals surface area contributed by atoms with E-state index in [2.05, 4.69) is 4.99 Å². The van der Waals surface area contributed by atoms with Crippen LogP contribution in [0.1, 0.15) is 6.42 Å². The zero-order valence-electron chi connectivity index (χ0n) is 6.74. The van der Waals surface area contributed by atoms with E-state index in [1.807, 2.05) is 4.90 Å². The summed E-state index contributed by atoms with van der Waals surface area (Å²) in [5.41, 5.74) is 0. The van der Waals surface area contributed by atoms with Crippen molar-refractivity contribution in [1.29, 1.82) is 0 Å². The molecule has 0 spiro atoms. The Morgan fingerprint density at radius 2 is 2.23 bits per heavy atom. The van der Waals surface area contributed by atoms with Crippen molar-refractivity contribution < 1.29 is 4.79 Å². The van der Waals surface area contributed by atoms with Crippen LogP contribution >= 0.6 is 24.0 Å². The molecule has 2 aliphatic rings. The van der Waals surface area contributed by atoms with Crippen LogP contribution in [-0.2, 0) is 4.79 Å². The third kappa shape index (κ3) is 2.11. The molecule has 0 N–H and O–H groups in total. The number of hydrogen-bond acceptors (Lipinski definition) is 2. The van der Waals surface area contributed by atoms with Gasteiger partial charge in [0.05, 0.1) is 5.03 Å². The first kappa shape index (κ1) is 10.3. The topological polar surface area (TPSA) is 32.7 Å². The van der Waals surface area contributed by atoms with Gasteiger partial charge in [0, 0.05) is 19.2 Å². The zero-order valence-corrected chi connectivity index (χ0v) is 8.31. The standard InChI is InChI=1S/C8H7ClN2O.ClH/c9-6-1-2-7-10-8(12)3-4-11(7)5-6;/h1-2,5H,3-4H2;1H. The molecular formula is C8H8Cl2N2O. The second-order valence-electron chi connectivity index (χ2n) is 2.65. The van der Waals surface area contributed by atoms with E-state index < -0.39 is 0 Å². The van der Waals surface area contributed by atoms with Crippen LogP contribution < -0.4 is 0 Å². The molecule has 5 heteroatoms. The lowest BCUT2D eigenvalue weighted by Crippen LogP contribution is -2.33. The third-order valence-corrected chi connectivity index (χ3v) is 1.99. The monoisotopic (exact) mass is 218 g/mol. The van der Waals surface area contributed by atoms with Crippen LogP contribution in [0.4, 0.5) is 0 Å². The number of aliphatic imine (C=N–C) groups is 1. The van der Waals surface area contributed by atoms with Gasteiger partial charge in [0.2, 0.25) is 5.91 Å². The van der Waals surface area contributed by atoms with Gasteiger partial charge in [-0.3, -0.25) is 4.79 Å². The average molecular weight is 219 g/mol. The van der Waals surface area contributed by atoms with E-state index in [1.54, 1.807) is 18.4 Å². The maximum atomic E-state index is 10.9. The lowest BCUT2D eigenvalue weighted by molar-refractivity contribution is -0.118. The Bertz CT molecular complexity index is 320. The molecule has 70 valence electrons. The lowest BCUT2D eigenvalue weighted by atomic mass is 10.2. The molecule has 0 fully saturated rings. The van der Waals surface area contributed by atoms with E-state index in [9.17, 15) is 4.79 Å². The second-order valence-corrected chi connectivity index (χ2v) is 3.09. The number of fused-ring (bicyclic) bond motifs is 1. The Morgan fingerprint density at radius 1 is 1.46 bits per heavy atom. The highest BCUT2D eigenvalue weighted by molar-refractivity contribution is 6.32. The van der Waals surface area contributed by atoms with E-state index in [0.717, 1.165) is 0 Å². The average Bonchev–Trinajstić information content (AvgIpc) is 2.05. The summed E-state index contributed by atoms with van der Waals surface area (Å²) >= 11 is 5.77. The fraction of sp³-hybridized carbons (Fsp3) is 0.250. The van der Waals surface area contributed by atoms with Crippen LogP contribution in [0.2, 0.25) is 0 Å². The summed E-state index contributed by atoms with van der Waals surface area (Å²) in [5.74, 6) is 0.632. The summed E-state index contributed by atoms with van der Waals surface area (Å²) in [6.07, 6.45) is 5.74. The number of halogens is 2. The van der Waals surface area contributed by atoms with Gasteiger partial charge in [-0.2, -0.15) is 4.99 Å². The Kier molecular flexibility index (Phi) is 3.12. The first-order valence-corrected chi connectivity index (χ1v) is 4.07. The molecule has 0 aromatic heterocycles. The van der Waals surface area contributed by atoms with E-state index >= 15 is 0 Å². The normalized spacial score (nSPS) is 20.1. The molecule has 0 bridgehead atoms. The second kappa shape index (κ2) is 3.94. The number of carbonyl (C=O) groups is 1. The van der Waals surface area contributed by atoms with Crippen molar-refractivity contribution in [3.63, 3.8) is 0 Å². The minimum absolute atomic E-state index is 0. The van der Waals surface area contributed by atoms with Gasteiger partial charge in [0.1, 0.15) is 5.84 Å². The summed E-state index contributed by atoms with van der Waals surface area (Å²) in [6, 6.07) is 0. The van der Waals surface area contributed by atoms with Crippen molar-refractivity contribution >= 4 is 35.8 Å². The van der Waals surface area contributed by atoms with Crippen LogP contribution in [0.25, 0.3) is 0 Å². The predicted molar refractivity (Wildman–Crippen MR) is 54.1 cm³/mol. The van der Waals surface area contributed by atoms with Crippen LogP contribution in [0, 0.1) is 0 Å². The molecule has 0 aromatic carbocycles. The molecule has 0 radical (unpaired) electrons. The number of hydrogen-bond donors (Lipinski definition) is 0. The van der Waals surface area contributed by atoms with Crippen molar-refractivity contribution in [2.24, 2.45) is 4.99 Å². The smallest absolute Gasteiger partial charge is 0.249 e. The van der Waals surface area contributed by atoms with Crippen molar-refractivity contribution in [3.05, 3.63) is 23.4 Å². The number of nitrogens with zero attached hydrogens (tertiary/aromatic N) is 2. The predicted octanol–water partition coefficient (Wildman–Crippen LogP) is 1.69. The molecule has 2 rings (SSSR count). The van der Waals surface area contributed by atoms with Gasteiger partial charge < -0.3 is 4.90 Å². The maximum Gasteiger partial charge on any atom is 0.249 e. The molecule has 0 unspecified atom stereocenters. The van der Waals surface area contributed by atoms with Crippen LogP contribution in [0.5, 0.6) is 0 Å². The fourth-order valence-electron chi connectivity index (χ4n) is 1.19. The summed E-state index contributed by atoms with van der Waals surface area (Å²) in [5, 5.41) is 0.670. The van der Waals surface area contributed by atoms with E-state index in [0.29, 0.717) is 23.8 Å². The number of amidine groups is 1. The third-order valence-electron chi connectivity index (χ3n) is 1.77. The largest absolute Gasteiger partial charge is 0.331 e. The van der Waals surface area contributed by atoms with Crippen LogP contribution in [-0.4, -0.2) is 23.2 Å². The molecule has 0 saturated carbocycles.